The number of anilines is 1. The molecule has 7 heteroatoms. The number of rotatable bonds is 5. The molecule has 0 spiro atoms. The molecule has 2 heterocycles. The zero-order valence-electron chi connectivity index (χ0n) is 14.6. The molecule has 0 saturated carbocycles. The van der Waals surface area contributed by atoms with Crippen molar-refractivity contribution in [2.45, 2.75) is 37.1 Å². The number of amides is 1. The molecule has 1 fully saturated rings. The standard InChI is InChI=1S/C19H22N2O4S/c1-15-5-2-3-13-21(15)26(23,24)18-10-7-16(8-11-18)20-19(22)12-9-17-6-4-14-25-17/h4,6-12,14-15H,2-3,5,13H2,1H3,(H,20,22)/b12-9+/t15-/m0/s1. The molecular weight excluding hydrogens is 352 g/mol. The Morgan fingerprint density at radius 2 is 2.00 bits per heavy atom. The summed E-state index contributed by atoms with van der Waals surface area (Å²) in [6.07, 6.45) is 7.28. The molecule has 2 aromatic rings. The number of benzene rings is 1. The van der Waals surface area contributed by atoms with Gasteiger partial charge in [0.1, 0.15) is 5.76 Å². The van der Waals surface area contributed by atoms with Gasteiger partial charge in [0.15, 0.2) is 0 Å². The van der Waals surface area contributed by atoms with Gasteiger partial charge in [0.05, 0.1) is 11.2 Å². The fourth-order valence-electron chi connectivity index (χ4n) is 3.00. The number of piperidine rings is 1. The smallest absolute Gasteiger partial charge is 0.248 e. The van der Waals surface area contributed by atoms with Crippen molar-refractivity contribution in [2.24, 2.45) is 0 Å². The highest BCUT2D eigenvalue weighted by Gasteiger charge is 2.30. The first-order chi connectivity index (χ1) is 12.5. The van der Waals surface area contributed by atoms with Crippen LogP contribution in [0.2, 0.25) is 0 Å². The van der Waals surface area contributed by atoms with E-state index in [1.165, 1.54) is 24.5 Å². The van der Waals surface area contributed by atoms with Crippen LogP contribution in [0.1, 0.15) is 31.9 Å². The van der Waals surface area contributed by atoms with E-state index in [2.05, 4.69) is 5.32 Å². The van der Waals surface area contributed by atoms with Crippen LogP contribution in [0.4, 0.5) is 5.69 Å². The maximum atomic E-state index is 12.8. The molecule has 3 rings (SSSR count). The second-order valence-electron chi connectivity index (χ2n) is 6.32. The van der Waals surface area contributed by atoms with Gasteiger partial charge < -0.3 is 9.73 Å². The monoisotopic (exact) mass is 374 g/mol. The van der Waals surface area contributed by atoms with Crippen molar-refractivity contribution in [3.63, 3.8) is 0 Å². The third kappa shape index (κ3) is 4.23. The number of carbonyl (C=O) groups excluding carboxylic acids is 1. The molecule has 1 aliphatic rings. The van der Waals surface area contributed by atoms with Crippen molar-refractivity contribution in [3.8, 4) is 0 Å². The number of sulfonamides is 1. The fourth-order valence-corrected chi connectivity index (χ4v) is 4.70. The van der Waals surface area contributed by atoms with Gasteiger partial charge >= 0.3 is 0 Å². The van der Waals surface area contributed by atoms with E-state index in [0.29, 0.717) is 18.0 Å². The van der Waals surface area contributed by atoms with Crippen LogP contribution in [0, 0.1) is 0 Å². The molecule has 1 aromatic heterocycles. The van der Waals surface area contributed by atoms with Crippen LogP contribution in [0.15, 0.2) is 58.1 Å². The van der Waals surface area contributed by atoms with Crippen LogP contribution in [0.25, 0.3) is 6.08 Å². The summed E-state index contributed by atoms with van der Waals surface area (Å²) >= 11 is 0. The second-order valence-corrected chi connectivity index (χ2v) is 8.21. The Morgan fingerprint density at radius 3 is 2.65 bits per heavy atom. The first-order valence-electron chi connectivity index (χ1n) is 8.61. The summed E-state index contributed by atoms with van der Waals surface area (Å²) in [4.78, 5) is 12.2. The minimum Gasteiger partial charge on any atom is -0.465 e. The lowest BCUT2D eigenvalue weighted by molar-refractivity contribution is -0.111. The topological polar surface area (TPSA) is 79.6 Å². The molecule has 0 bridgehead atoms. The molecule has 1 N–H and O–H groups in total. The van der Waals surface area contributed by atoms with Crippen LogP contribution in [0.3, 0.4) is 0 Å². The lowest BCUT2D eigenvalue weighted by Crippen LogP contribution is -2.41. The Hall–Kier alpha value is -2.38. The Morgan fingerprint density at radius 1 is 1.23 bits per heavy atom. The van der Waals surface area contributed by atoms with Crippen molar-refractivity contribution >= 4 is 27.7 Å². The van der Waals surface area contributed by atoms with Crippen LogP contribution < -0.4 is 5.32 Å². The van der Waals surface area contributed by atoms with Gasteiger partial charge in [0.2, 0.25) is 15.9 Å². The van der Waals surface area contributed by atoms with E-state index in [1.807, 2.05) is 6.92 Å². The van der Waals surface area contributed by atoms with E-state index in [-0.39, 0.29) is 16.8 Å². The number of furan rings is 1. The molecule has 1 aromatic carbocycles. The minimum absolute atomic E-state index is 0.0138. The van der Waals surface area contributed by atoms with Gasteiger partial charge in [-0.2, -0.15) is 4.31 Å². The van der Waals surface area contributed by atoms with Gasteiger partial charge in [-0.1, -0.05) is 6.42 Å². The summed E-state index contributed by atoms with van der Waals surface area (Å²) in [5, 5.41) is 2.70. The maximum absolute atomic E-state index is 12.8. The summed E-state index contributed by atoms with van der Waals surface area (Å²) < 4.78 is 32.2. The van der Waals surface area contributed by atoms with Crippen LogP contribution in [0.5, 0.6) is 0 Å². The van der Waals surface area contributed by atoms with Crippen LogP contribution >= 0.6 is 0 Å². The highest BCUT2D eigenvalue weighted by Crippen LogP contribution is 2.25. The van der Waals surface area contributed by atoms with Crippen molar-refractivity contribution in [2.75, 3.05) is 11.9 Å². The molecule has 0 radical (unpaired) electrons. The van der Waals surface area contributed by atoms with E-state index in [0.717, 1.165) is 19.3 Å². The van der Waals surface area contributed by atoms with Crippen molar-refractivity contribution in [3.05, 3.63) is 54.5 Å². The van der Waals surface area contributed by atoms with Gasteiger partial charge in [0, 0.05) is 24.4 Å². The summed E-state index contributed by atoms with van der Waals surface area (Å²) in [6, 6.07) is 9.75. The average Bonchev–Trinajstić information content (AvgIpc) is 3.14. The van der Waals surface area contributed by atoms with Gasteiger partial charge in [-0.05, 0) is 62.2 Å². The molecular formula is C19H22N2O4S. The first kappa shape index (κ1) is 18.4. The zero-order valence-corrected chi connectivity index (χ0v) is 15.4. The maximum Gasteiger partial charge on any atom is 0.248 e. The molecule has 1 aliphatic heterocycles. The Kier molecular flexibility index (Phi) is 5.58. The lowest BCUT2D eigenvalue weighted by Gasteiger charge is -2.32. The third-order valence-corrected chi connectivity index (χ3v) is 6.44. The molecule has 1 saturated heterocycles. The molecule has 138 valence electrons. The van der Waals surface area contributed by atoms with Crippen LogP contribution in [-0.2, 0) is 14.8 Å². The van der Waals surface area contributed by atoms with E-state index < -0.39 is 10.0 Å². The highest BCUT2D eigenvalue weighted by atomic mass is 32.2. The fraction of sp³-hybridized carbons (Fsp3) is 0.316. The largest absolute Gasteiger partial charge is 0.465 e. The van der Waals surface area contributed by atoms with Gasteiger partial charge in [-0.25, -0.2) is 8.42 Å². The third-order valence-electron chi connectivity index (χ3n) is 4.41. The summed E-state index contributed by atoms with van der Waals surface area (Å²) in [6.45, 7) is 2.50. The minimum atomic E-state index is -3.50. The molecule has 6 nitrogen and oxygen atoms in total. The van der Waals surface area contributed by atoms with E-state index in [1.54, 1.807) is 34.6 Å². The van der Waals surface area contributed by atoms with Crippen molar-refractivity contribution in [1.29, 1.82) is 0 Å². The molecule has 1 atom stereocenters. The van der Waals surface area contributed by atoms with E-state index >= 15 is 0 Å². The predicted octanol–water partition coefficient (Wildman–Crippen LogP) is 3.49. The quantitative estimate of drug-likeness (QED) is 0.813. The normalized spacial score (nSPS) is 18.9. The van der Waals surface area contributed by atoms with Gasteiger partial charge in [-0.15, -0.1) is 0 Å². The Labute approximate surface area is 153 Å². The predicted molar refractivity (Wildman–Crippen MR) is 100 cm³/mol. The summed E-state index contributed by atoms with van der Waals surface area (Å²) in [5.41, 5.74) is 0.532. The molecule has 0 unspecified atom stereocenters. The van der Waals surface area contributed by atoms with E-state index in [9.17, 15) is 13.2 Å². The van der Waals surface area contributed by atoms with Gasteiger partial charge in [0.25, 0.3) is 0 Å². The Bertz CT molecular complexity index is 871. The van der Waals surface area contributed by atoms with E-state index in [4.69, 9.17) is 4.42 Å². The SMILES string of the molecule is C[C@H]1CCCCN1S(=O)(=O)c1ccc(NC(=O)/C=C/c2ccco2)cc1. The molecule has 0 aliphatic carbocycles. The summed E-state index contributed by atoms with van der Waals surface area (Å²) in [5.74, 6) is 0.263. The number of nitrogens with one attached hydrogen (secondary N) is 1. The number of carbonyl (C=O) groups is 1. The second kappa shape index (κ2) is 7.88. The van der Waals surface area contributed by atoms with Crippen molar-refractivity contribution < 1.29 is 17.6 Å². The zero-order chi connectivity index (χ0) is 18.6. The number of nitrogens with zero attached hydrogens (tertiary/aromatic N) is 1. The average molecular weight is 374 g/mol. The molecule has 1 amide bonds. The number of hydrogen-bond acceptors (Lipinski definition) is 4. The summed E-state index contributed by atoms with van der Waals surface area (Å²) in [7, 11) is -3.50. The molecule has 26 heavy (non-hydrogen) atoms. The van der Waals surface area contributed by atoms with Gasteiger partial charge in [-0.3, -0.25) is 4.79 Å². The lowest BCUT2D eigenvalue weighted by atomic mass is 10.1. The first-order valence-corrected chi connectivity index (χ1v) is 10.1. The van der Waals surface area contributed by atoms with Crippen molar-refractivity contribution in [1.82, 2.24) is 4.31 Å². The highest BCUT2D eigenvalue weighted by molar-refractivity contribution is 7.89. The van der Waals surface area contributed by atoms with Crippen LogP contribution in [-0.4, -0.2) is 31.2 Å². The number of hydrogen-bond donors (Lipinski definition) is 1. The Balaban J connectivity index is 1.67.